The van der Waals surface area contributed by atoms with Crippen LogP contribution >= 0.6 is 0 Å². The summed E-state index contributed by atoms with van der Waals surface area (Å²) in [6, 6.07) is 39.4. The van der Waals surface area contributed by atoms with E-state index in [2.05, 4.69) is 162 Å². The second-order valence-electron chi connectivity index (χ2n) is 15.3. The van der Waals surface area contributed by atoms with Crippen molar-refractivity contribution in [3.8, 4) is 22.3 Å². The van der Waals surface area contributed by atoms with Gasteiger partial charge in [0.2, 0.25) is 0 Å². The third-order valence-electron chi connectivity index (χ3n) is 11.7. The molecule has 5 aromatic rings. The van der Waals surface area contributed by atoms with E-state index in [0.29, 0.717) is 0 Å². The number of allylic oxidation sites excluding steroid dienone is 4. The molecule has 0 bridgehead atoms. The topological polar surface area (TPSA) is 3.24 Å². The van der Waals surface area contributed by atoms with Gasteiger partial charge in [-0.3, -0.25) is 0 Å². The molecule has 5 aromatic carbocycles. The van der Waals surface area contributed by atoms with Crippen LogP contribution < -0.4 is 4.90 Å². The molecule has 1 nitrogen and oxygen atoms in total. The fraction of sp³-hybridized carbons (Fsp3) is 0.244. The van der Waals surface area contributed by atoms with Crippen LogP contribution in [-0.2, 0) is 16.2 Å². The molecule has 0 N–H and O–H groups in total. The Morgan fingerprint density at radius 1 is 0.413 bits per heavy atom. The first-order valence-corrected chi connectivity index (χ1v) is 16.9. The Morgan fingerprint density at radius 2 is 0.826 bits per heavy atom. The first-order chi connectivity index (χ1) is 22.1. The summed E-state index contributed by atoms with van der Waals surface area (Å²) in [7, 11) is 0. The molecule has 0 fully saturated rings. The fourth-order valence-electron chi connectivity index (χ4n) is 9.20. The summed E-state index contributed by atoms with van der Waals surface area (Å²) < 4.78 is 0. The molecule has 0 saturated carbocycles. The van der Waals surface area contributed by atoms with Crippen molar-refractivity contribution in [2.75, 3.05) is 4.90 Å². The van der Waals surface area contributed by atoms with E-state index >= 15 is 0 Å². The van der Waals surface area contributed by atoms with E-state index in [0.717, 1.165) is 12.8 Å². The molecule has 0 heterocycles. The van der Waals surface area contributed by atoms with Crippen LogP contribution in [-0.4, -0.2) is 0 Å². The van der Waals surface area contributed by atoms with Crippen molar-refractivity contribution >= 4 is 22.6 Å². The number of fused-ring (bicyclic) bond motifs is 9. The third kappa shape index (κ3) is 3.58. The molecule has 0 saturated heterocycles. The number of anilines is 3. The highest BCUT2D eigenvalue weighted by Gasteiger charge is 2.40. The van der Waals surface area contributed by atoms with E-state index in [1.165, 1.54) is 83.8 Å². The summed E-state index contributed by atoms with van der Waals surface area (Å²) in [6.45, 7) is 14.3. The SMILES string of the molecule is CC1(C)C2=CCCC=C2c2ccc(N(c3ccc4c(c3)C(C)(C)c3ccccc3-4)c3ccc4c(c3)C(C)(C)c3ccccc3-4)cc21. The van der Waals surface area contributed by atoms with Crippen LogP contribution in [0.4, 0.5) is 17.1 Å². The molecule has 0 unspecified atom stereocenters. The largest absolute Gasteiger partial charge is 0.310 e. The number of hydrogen-bond donors (Lipinski definition) is 0. The van der Waals surface area contributed by atoms with Gasteiger partial charge in [0.1, 0.15) is 0 Å². The van der Waals surface area contributed by atoms with Gasteiger partial charge in [-0.25, -0.2) is 0 Å². The highest BCUT2D eigenvalue weighted by molar-refractivity contribution is 5.93. The van der Waals surface area contributed by atoms with Gasteiger partial charge in [-0.2, -0.15) is 0 Å². The Hall–Kier alpha value is -4.62. The van der Waals surface area contributed by atoms with Gasteiger partial charge in [-0.15, -0.1) is 0 Å². The van der Waals surface area contributed by atoms with E-state index in [9.17, 15) is 0 Å². The minimum absolute atomic E-state index is 0.0214. The molecule has 1 heteroatoms. The first-order valence-electron chi connectivity index (χ1n) is 16.9. The van der Waals surface area contributed by atoms with Crippen LogP contribution in [0.3, 0.4) is 0 Å². The van der Waals surface area contributed by atoms with Crippen molar-refractivity contribution in [3.05, 3.63) is 154 Å². The number of benzene rings is 5. The van der Waals surface area contributed by atoms with E-state index in [1.54, 1.807) is 0 Å². The predicted molar refractivity (Wildman–Crippen MR) is 195 cm³/mol. The molecular weight excluding hydrogens is 555 g/mol. The lowest BCUT2D eigenvalue weighted by atomic mass is 9.80. The summed E-state index contributed by atoms with van der Waals surface area (Å²) >= 11 is 0. The van der Waals surface area contributed by atoms with E-state index < -0.39 is 0 Å². The molecule has 46 heavy (non-hydrogen) atoms. The highest BCUT2D eigenvalue weighted by Crippen LogP contribution is 2.55. The second kappa shape index (κ2) is 9.23. The van der Waals surface area contributed by atoms with E-state index in [1.807, 2.05) is 0 Å². The van der Waals surface area contributed by atoms with Gasteiger partial charge in [0.25, 0.3) is 0 Å². The molecule has 0 spiro atoms. The maximum Gasteiger partial charge on any atom is 0.0465 e. The number of hydrogen-bond acceptors (Lipinski definition) is 1. The van der Waals surface area contributed by atoms with Gasteiger partial charge in [0.15, 0.2) is 0 Å². The molecule has 4 aliphatic carbocycles. The zero-order valence-corrected chi connectivity index (χ0v) is 27.8. The van der Waals surface area contributed by atoms with E-state index in [-0.39, 0.29) is 16.2 Å². The lowest BCUT2D eigenvalue weighted by molar-refractivity contribution is 0.654. The van der Waals surface area contributed by atoms with Crippen molar-refractivity contribution in [1.29, 1.82) is 0 Å². The van der Waals surface area contributed by atoms with Crippen LogP contribution in [0.15, 0.2) is 121 Å². The molecule has 0 aliphatic heterocycles. The minimum atomic E-state index is -0.0657. The zero-order chi connectivity index (χ0) is 31.6. The molecule has 9 rings (SSSR count). The maximum absolute atomic E-state index is 2.51. The molecule has 0 amide bonds. The van der Waals surface area contributed by atoms with Gasteiger partial charge in [0, 0.05) is 33.3 Å². The summed E-state index contributed by atoms with van der Waals surface area (Å²) in [5.41, 5.74) is 20.3. The van der Waals surface area contributed by atoms with Gasteiger partial charge in [-0.1, -0.05) is 120 Å². The molecule has 4 aliphatic rings. The molecule has 0 radical (unpaired) electrons. The average molecular weight is 596 g/mol. The number of nitrogens with zero attached hydrogens (tertiary/aromatic N) is 1. The summed E-state index contributed by atoms with van der Waals surface area (Å²) in [5.74, 6) is 0. The smallest absolute Gasteiger partial charge is 0.0465 e. The van der Waals surface area contributed by atoms with Gasteiger partial charge >= 0.3 is 0 Å². The normalized spacial score (nSPS) is 18.4. The summed E-state index contributed by atoms with van der Waals surface area (Å²) in [6.07, 6.45) is 7.20. The van der Waals surface area contributed by atoms with Crippen LogP contribution in [0.1, 0.15) is 87.8 Å². The van der Waals surface area contributed by atoms with Crippen LogP contribution in [0.2, 0.25) is 0 Å². The van der Waals surface area contributed by atoms with Crippen LogP contribution in [0.25, 0.3) is 27.8 Å². The molecular formula is C45H41N. The monoisotopic (exact) mass is 595 g/mol. The molecule has 226 valence electrons. The Morgan fingerprint density at radius 3 is 1.35 bits per heavy atom. The van der Waals surface area contributed by atoms with E-state index in [4.69, 9.17) is 0 Å². The van der Waals surface area contributed by atoms with Gasteiger partial charge < -0.3 is 4.90 Å². The average Bonchev–Trinajstić information content (AvgIpc) is 3.54. The summed E-state index contributed by atoms with van der Waals surface area (Å²) in [4.78, 5) is 2.51. The first kappa shape index (κ1) is 27.7. The lowest BCUT2D eigenvalue weighted by Gasteiger charge is -2.31. The van der Waals surface area contributed by atoms with Gasteiger partial charge in [0.05, 0.1) is 0 Å². The molecule has 0 atom stereocenters. The quantitative estimate of drug-likeness (QED) is 0.201. The Kier molecular flexibility index (Phi) is 5.55. The maximum atomic E-state index is 2.51. The second-order valence-corrected chi connectivity index (χ2v) is 15.3. The van der Waals surface area contributed by atoms with Crippen LogP contribution in [0, 0.1) is 0 Å². The van der Waals surface area contributed by atoms with Crippen molar-refractivity contribution in [2.24, 2.45) is 0 Å². The third-order valence-corrected chi connectivity index (χ3v) is 11.7. The molecule has 0 aromatic heterocycles. The standard InChI is InChI=1S/C45H41N/c1-43(2)37-16-10-7-13-31(37)34-22-19-28(25-40(34)43)46(29-20-23-35-32-14-8-11-17-38(32)44(3,4)41(35)26-29)30-21-24-36-33-15-9-12-18-39(33)45(5,6)42(36)27-30/h7-8,10-11,13-27H,9,12H2,1-6H3. The van der Waals surface area contributed by atoms with Crippen LogP contribution in [0.5, 0.6) is 0 Å². The van der Waals surface area contributed by atoms with Crippen molar-refractivity contribution in [2.45, 2.75) is 70.6 Å². The Labute approximate surface area is 273 Å². The van der Waals surface area contributed by atoms with Gasteiger partial charge in [-0.05, 0) is 116 Å². The Bertz CT molecular complexity index is 2080. The Balaban J connectivity index is 1.26. The highest BCUT2D eigenvalue weighted by atomic mass is 15.1. The minimum Gasteiger partial charge on any atom is -0.310 e. The van der Waals surface area contributed by atoms with Crippen molar-refractivity contribution in [1.82, 2.24) is 0 Å². The zero-order valence-electron chi connectivity index (χ0n) is 27.8. The van der Waals surface area contributed by atoms with Crippen molar-refractivity contribution < 1.29 is 0 Å². The summed E-state index contributed by atoms with van der Waals surface area (Å²) in [5, 5.41) is 0. The fourth-order valence-corrected chi connectivity index (χ4v) is 9.20. The number of rotatable bonds is 3. The lowest BCUT2D eigenvalue weighted by Crippen LogP contribution is -2.19. The predicted octanol–water partition coefficient (Wildman–Crippen LogP) is 12.2. The van der Waals surface area contributed by atoms with Crippen molar-refractivity contribution in [3.63, 3.8) is 0 Å².